The van der Waals surface area contributed by atoms with Gasteiger partial charge in [-0.05, 0) is 18.2 Å². The number of pyridine rings is 1. The van der Waals surface area contributed by atoms with Gasteiger partial charge in [-0.25, -0.2) is 4.98 Å². The molecule has 3 rings (SSSR count). The van der Waals surface area contributed by atoms with Crippen LogP contribution < -0.4 is 10.1 Å². The van der Waals surface area contributed by atoms with E-state index in [-0.39, 0.29) is 0 Å². The van der Waals surface area contributed by atoms with Crippen molar-refractivity contribution >= 4 is 28.0 Å². The molecule has 0 amide bonds. The number of aromatic amines is 1. The van der Waals surface area contributed by atoms with Crippen molar-refractivity contribution in [2.24, 2.45) is 0 Å². The Hall–Kier alpha value is -4.35. The van der Waals surface area contributed by atoms with Gasteiger partial charge in [-0.15, -0.1) is 0 Å². The molecule has 0 aliphatic rings. The van der Waals surface area contributed by atoms with Gasteiger partial charge >= 0.3 is 0 Å². The number of phenols is 1. The SMILES string of the molecule is O=[N+]([O-])c1cc([N+](=O)[O-])c([O-])c([N+](=O)[O-])c1.Oc1cccc2ccc[nH+]c12. The van der Waals surface area contributed by atoms with E-state index in [4.69, 9.17) is 0 Å². The molecule has 0 atom stereocenters. The van der Waals surface area contributed by atoms with Gasteiger partial charge in [0.25, 0.3) is 22.6 Å². The smallest absolute Gasteiger partial charge is 0.283 e. The molecule has 12 nitrogen and oxygen atoms in total. The number of fused-ring (bicyclic) bond motifs is 1. The first kappa shape index (κ1) is 19.0. The molecule has 3 aromatic rings. The molecule has 0 aliphatic carbocycles. The first-order valence-corrected chi connectivity index (χ1v) is 7.09. The summed E-state index contributed by atoms with van der Waals surface area (Å²) in [6, 6.07) is 10.1. The summed E-state index contributed by atoms with van der Waals surface area (Å²) in [6.07, 6.45) is 1.79. The summed E-state index contributed by atoms with van der Waals surface area (Å²) in [7, 11) is 0. The highest BCUT2D eigenvalue weighted by Crippen LogP contribution is 2.36. The highest BCUT2D eigenvalue weighted by atomic mass is 16.6. The molecule has 0 saturated carbocycles. The summed E-state index contributed by atoms with van der Waals surface area (Å²) in [5, 5.41) is 52.5. The summed E-state index contributed by atoms with van der Waals surface area (Å²) < 4.78 is 0. The summed E-state index contributed by atoms with van der Waals surface area (Å²) in [4.78, 5) is 30.5. The van der Waals surface area contributed by atoms with Gasteiger partial charge in [0, 0.05) is 6.07 Å². The Balaban J connectivity index is 0.000000206. The Morgan fingerprint density at radius 1 is 0.852 bits per heavy atom. The van der Waals surface area contributed by atoms with Crippen LogP contribution >= 0.6 is 0 Å². The van der Waals surface area contributed by atoms with Gasteiger partial charge in [-0.3, -0.25) is 30.3 Å². The van der Waals surface area contributed by atoms with Gasteiger partial charge in [-0.2, -0.15) is 0 Å². The molecular formula is C15H10N4O8. The first-order valence-electron chi connectivity index (χ1n) is 7.09. The number of non-ortho nitro benzene ring substituents is 1. The molecule has 0 spiro atoms. The van der Waals surface area contributed by atoms with Gasteiger partial charge in [0.15, 0.2) is 11.9 Å². The van der Waals surface area contributed by atoms with Gasteiger partial charge in [-0.1, -0.05) is 6.07 Å². The van der Waals surface area contributed by atoms with E-state index in [0.717, 1.165) is 10.9 Å². The monoisotopic (exact) mass is 374 g/mol. The number of nitro benzene ring substituents is 3. The lowest BCUT2D eigenvalue weighted by Crippen LogP contribution is -2.04. The maximum Gasteiger partial charge on any atom is 0.283 e. The number of phenolic OH excluding ortho intramolecular Hbond substituents is 1. The third kappa shape index (κ3) is 4.19. The fraction of sp³-hybridized carbons (Fsp3) is 0. The number of nitro groups is 3. The third-order valence-corrected chi connectivity index (χ3v) is 3.31. The normalized spacial score (nSPS) is 9.93. The van der Waals surface area contributed by atoms with E-state index >= 15 is 0 Å². The van der Waals surface area contributed by atoms with E-state index < -0.39 is 37.6 Å². The number of aromatic nitrogens is 1. The van der Waals surface area contributed by atoms with Crippen molar-refractivity contribution in [3.8, 4) is 11.5 Å². The molecular weight excluding hydrogens is 364 g/mol. The number of hydrogen-bond donors (Lipinski definition) is 1. The summed E-state index contributed by atoms with van der Waals surface area (Å²) >= 11 is 0. The second kappa shape index (κ2) is 7.69. The number of aromatic hydroxyl groups is 1. The Kier molecular flexibility index (Phi) is 5.41. The molecule has 0 fully saturated rings. The second-order valence-electron chi connectivity index (χ2n) is 5.00. The molecule has 0 unspecified atom stereocenters. The zero-order valence-electron chi connectivity index (χ0n) is 13.3. The van der Waals surface area contributed by atoms with Crippen LogP contribution in [0.4, 0.5) is 17.1 Å². The number of rotatable bonds is 3. The highest BCUT2D eigenvalue weighted by Gasteiger charge is 2.24. The fourth-order valence-electron chi connectivity index (χ4n) is 2.10. The van der Waals surface area contributed by atoms with Crippen LogP contribution in [0, 0.1) is 30.3 Å². The summed E-state index contributed by atoms with van der Waals surface area (Å²) in [5.41, 5.74) is -2.48. The number of benzene rings is 2. The Labute approximate surface area is 149 Å². The van der Waals surface area contributed by atoms with Crippen molar-refractivity contribution in [1.82, 2.24) is 0 Å². The predicted octanol–water partition coefficient (Wildman–Crippen LogP) is 1.84. The zero-order chi connectivity index (χ0) is 20.1. The zero-order valence-corrected chi connectivity index (χ0v) is 13.3. The minimum Gasteiger partial charge on any atom is -0.863 e. The minimum absolute atomic E-state index is 0.295. The van der Waals surface area contributed by atoms with Crippen LogP contribution in [0.25, 0.3) is 10.9 Å². The van der Waals surface area contributed by atoms with Crippen LogP contribution in [0.1, 0.15) is 0 Å². The average Bonchev–Trinajstić information content (AvgIpc) is 2.62. The lowest BCUT2D eigenvalue weighted by molar-refractivity contribution is -0.420. The molecule has 0 aliphatic heterocycles. The van der Waals surface area contributed by atoms with E-state index in [0.29, 0.717) is 17.9 Å². The summed E-state index contributed by atoms with van der Waals surface area (Å²) in [6.45, 7) is 0. The fourth-order valence-corrected chi connectivity index (χ4v) is 2.10. The van der Waals surface area contributed by atoms with Crippen molar-refractivity contribution in [3.05, 3.63) is 79.0 Å². The average molecular weight is 374 g/mol. The molecule has 0 bridgehead atoms. The molecule has 2 N–H and O–H groups in total. The Morgan fingerprint density at radius 2 is 1.41 bits per heavy atom. The van der Waals surface area contributed by atoms with Gasteiger partial charge in [0.2, 0.25) is 0 Å². The first-order chi connectivity index (χ1) is 12.7. The van der Waals surface area contributed by atoms with Crippen molar-refractivity contribution in [2.75, 3.05) is 0 Å². The van der Waals surface area contributed by atoms with Crippen LogP contribution in [0.3, 0.4) is 0 Å². The van der Waals surface area contributed by atoms with Crippen molar-refractivity contribution < 1.29 is 30.0 Å². The van der Waals surface area contributed by atoms with E-state index in [1.165, 1.54) is 0 Å². The van der Waals surface area contributed by atoms with E-state index in [2.05, 4.69) is 4.98 Å². The second-order valence-corrected chi connectivity index (χ2v) is 5.00. The molecule has 0 radical (unpaired) electrons. The molecule has 2 aromatic carbocycles. The van der Waals surface area contributed by atoms with Crippen LogP contribution in [0.15, 0.2) is 48.7 Å². The Bertz CT molecular complexity index is 1010. The Morgan fingerprint density at radius 3 is 1.89 bits per heavy atom. The lowest BCUT2D eigenvalue weighted by atomic mass is 10.2. The number of para-hydroxylation sites is 1. The third-order valence-electron chi connectivity index (χ3n) is 3.31. The quantitative estimate of drug-likeness (QED) is 0.531. The predicted molar refractivity (Wildman–Crippen MR) is 88.0 cm³/mol. The topological polar surface area (TPSA) is 187 Å². The molecule has 0 saturated heterocycles. The van der Waals surface area contributed by atoms with E-state index in [1.807, 2.05) is 24.3 Å². The van der Waals surface area contributed by atoms with Crippen molar-refractivity contribution in [3.63, 3.8) is 0 Å². The maximum atomic E-state index is 11.1. The number of hydrogen-bond acceptors (Lipinski definition) is 8. The highest BCUT2D eigenvalue weighted by molar-refractivity contribution is 5.80. The molecule has 138 valence electrons. The maximum absolute atomic E-state index is 11.1. The number of nitrogens with one attached hydrogen (secondary N) is 1. The van der Waals surface area contributed by atoms with Gasteiger partial charge in [0.05, 0.1) is 38.0 Å². The molecule has 12 heteroatoms. The lowest BCUT2D eigenvalue weighted by Gasteiger charge is -2.06. The molecule has 1 aromatic heterocycles. The van der Waals surface area contributed by atoms with Gasteiger partial charge in [0.1, 0.15) is 0 Å². The van der Waals surface area contributed by atoms with Crippen LogP contribution in [0.2, 0.25) is 0 Å². The standard InChI is InChI=1S/C9H7NO.C6H3N3O7/c11-8-5-1-3-7-4-2-6-10-9(7)8;10-6-4(8(13)14)1-3(7(11)12)2-5(6)9(15)16/h1-6,11H;1-2,10H. The number of H-pyrrole nitrogens is 1. The van der Waals surface area contributed by atoms with Gasteiger partial charge < -0.3 is 10.2 Å². The van der Waals surface area contributed by atoms with Crippen LogP contribution in [-0.2, 0) is 0 Å². The molecule has 27 heavy (non-hydrogen) atoms. The largest absolute Gasteiger partial charge is 0.863 e. The minimum atomic E-state index is -1.46. The van der Waals surface area contributed by atoms with Crippen LogP contribution in [-0.4, -0.2) is 19.9 Å². The van der Waals surface area contributed by atoms with Crippen molar-refractivity contribution in [1.29, 1.82) is 0 Å². The van der Waals surface area contributed by atoms with E-state index in [1.54, 1.807) is 12.3 Å². The van der Waals surface area contributed by atoms with Crippen LogP contribution in [0.5, 0.6) is 11.5 Å². The molecule has 1 heterocycles. The summed E-state index contributed by atoms with van der Waals surface area (Å²) in [5.74, 6) is -1.16. The van der Waals surface area contributed by atoms with Crippen molar-refractivity contribution in [2.45, 2.75) is 0 Å². The van der Waals surface area contributed by atoms with E-state index in [9.17, 15) is 40.6 Å². The number of nitrogens with zero attached hydrogens (tertiary/aromatic N) is 3.